The van der Waals surface area contributed by atoms with Crippen molar-refractivity contribution in [3.05, 3.63) is 0 Å². The summed E-state index contributed by atoms with van der Waals surface area (Å²) in [5, 5.41) is 0. The standard InChI is InChI=1S/C9H14O5/c1-3-13-8(11)7(5-6-10)9(12)14-4-2/h6-7H,3-5H2,1-2H3. The number of hydrogen-bond donors (Lipinski definition) is 0. The number of rotatable bonds is 6. The van der Waals surface area contributed by atoms with E-state index in [9.17, 15) is 14.4 Å². The van der Waals surface area contributed by atoms with E-state index in [4.69, 9.17) is 0 Å². The second-order valence-corrected chi connectivity index (χ2v) is 2.46. The van der Waals surface area contributed by atoms with Crippen LogP contribution in [-0.2, 0) is 23.9 Å². The van der Waals surface area contributed by atoms with Gasteiger partial charge in [0.25, 0.3) is 0 Å². The third kappa shape index (κ3) is 4.02. The lowest BCUT2D eigenvalue weighted by molar-refractivity contribution is -0.162. The quantitative estimate of drug-likeness (QED) is 0.352. The summed E-state index contributed by atoms with van der Waals surface area (Å²) in [6.07, 6.45) is 0.302. The van der Waals surface area contributed by atoms with E-state index >= 15 is 0 Å². The number of esters is 2. The van der Waals surface area contributed by atoms with Crippen LogP contribution in [0.1, 0.15) is 20.3 Å². The van der Waals surface area contributed by atoms with Crippen molar-refractivity contribution in [2.45, 2.75) is 20.3 Å². The van der Waals surface area contributed by atoms with Crippen molar-refractivity contribution < 1.29 is 23.9 Å². The summed E-state index contributed by atoms with van der Waals surface area (Å²) in [5.74, 6) is -2.54. The largest absolute Gasteiger partial charge is 0.465 e. The van der Waals surface area contributed by atoms with E-state index in [0.717, 1.165) is 0 Å². The average Bonchev–Trinajstić information content (AvgIpc) is 2.14. The summed E-state index contributed by atoms with van der Waals surface area (Å²) in [6, 6.07) is 0. The highest BCUT2D eigenvalue weighted by molar-refractivity contribution is 5.96. The van der Waals surface area contributed by atoms with Crippen LogP contribution in [0.4, 0.5) is 0 Å². The van der Waals surface area contributed by atoms with Crippen LogP contribution in [0.2, 0.25) is 0 Å². The Labute approximate surface area is 82.4 Å². The van der Waals surface area contributed by atoms with E-state index in [1.807, 2.05) is 0 Å². The molecule has 0 aliphatic rings. The molecule has 5 nitrogen and oxygen atoms in total. The topological polar surface area (TPSA) is 69.7 Å². The summed E-state index contributed by atoms with van der Waals surface area (Å²) < 4.78 is 9.25. The van der Waals surface area contributed by atoms with E-state index in [0.29, 0.717) is 6.29 Å². The number of aldehydes is 1. The van der Waals surface area contributed by atoms with Crippen molar-refractivity contribution >= 4 is 18.2 Å². The van der Waals surface area contributed by atoms with Crippen LogP contribution in [-0.4, -0.2) is 31.4 Å². The molecule has 0 spiro atoms. The minimum atomic E-state index is -1.12. The van der Waals surface area contributed by atoms with Gasteiger partial charge in [-0.1, -0.05) is 0 Å². The van der Waals surface area contributed by atoms with E-state index in [1.54, 1.807) is 13.8 Å². The first-order valence-electron chi connectivity index (χ1n) is 4.44. The third-order valence-corrected chi connectivity index (χ3v) is 1.47. The number of carbonyl (C=O) groups excluding carboxylic acids is 3. The van der Waals surface area contributed by atoms with E-state index < -0.39 is 17.9 Å². The van der Waals surface area contributed by atoms with Gasteiger partial charge in [-0.25, -0.2) is 0 Å². The van der Waals surface area contributed by atoms with Crippen LogP contribution in [0, 0.1) is 5.92 Å². The van der Waals surface area contributed by atoms with E-state index in [-0.39, 0.29) is 19.6 Å². The minimum absolute atomic E-state index is 0.174. The van der Waals surface area contributed by atoms with Crippen molar-refractivity contribution in [1.82, 2.24) is 0 Å². The second-order valence-electron chi connectivity index (χ2n) is 2.46. The summed E-state index contributed by atoms with van der Waals surface area (Å²) in [7, 11) is 0. The Morgan fingerprint density at radius 3 is 1.86 bits per heavy atom. The van der Waals surface area contributed by atoms with Gasteiger partial charge >= 0.3 is 11.9 Å². The van der Waals surface area contributed by atoms with E-state index in [2.05, 4.69) is 9.47 Å². The Bertz CT molecular complexity index is 193. The molecule has 0 aliphatic heterocycles. The van der Waals surface area contributed by atoms with Crippen LogP contribution in [0.3, 0.4) is 0 Å². The van der Waals surface area contributed by atoms with Crippen molar-refractivity contribution in [2.24, 2.45) is 5.92 Å². The molecular formula is C9H14O5. The molecule has 0 heterocycles. The molecule has 0 radical (unpaired) electrons. The maximum atomic E-state index is 11.2. The second kappa shape index (κ2) is 7.06. The van der Waals surface area contributed by atoms with Gasteiger partial charge in [0.05, 0.1) is 13.2 Å². The van der Waals surface area contributed by atoms with Crippen LogP contribution in [0.5, 0.6) is 0 Å². The molecule has 0 fully saturated rings. The molecule has 0 rings (SSSR count). The van der Waals surface area contributed by atoms with Crippen LogP contribution in [0.15, 0.2) is 0 Å². The zero-order valence-corrected chi connectivity index (χ0v) is 8.32. The molecule has 0 saturated heterocycles. The number of carbonyl (C=O) groups is 3. The monoisotopic (exact) mass is 202 g/mol. The highest BCUT2D eigenvalue weighted by atomic mass is 16.6. The van der Waals surface area contributed by atoms with Crippen molar-refractivity contribution in [2.75, 3.05) is 13.2 Å². The summed E-state index contributed by atoms with van der Waals surface area (Å²) in [5.41, 5.74) is 0. The van der Waals surface area contributed by atoms with Gasteiger partial charge < -0.3 is 14.3 Å². The minimum Gasteiger partial charge on any atom is -0.465 e. The van der Waals surface area contributed by atoms with Crippen LogP contribution < -0.4 is 0 Å². The molecule has 80 valence electrons. The summed E-state index contributed by atoms with van der Waals surface area (Å²) in [4.78, 5) is 32.6. The normalized spacial score (nSPS) is 9.64. The lowest BCUT2D eigenvalue weighted by Gasteiger charge is -2.11. The molecule has 0 bridgehead atoms. The Kier molecular flexibility index (Phi) is 6.36. The molecule has 5 heteroatoms. The van der Waals surface area contributed by atoms with Gasteiger partial charge in [-0.2, -0.15) is 0 Å². The molecule has 0 N–H and O–H groups in total. The van der Waals surface area contributed by atoms with Crippen molar-refractivity contribution in [3.63, 3.8) is 0 Å². The molecule has 0 aliphatic carbocycles. The van der Waals surface area contributed by atoms with Crippen LogP contribution >= 0.6 is 0 Å². The Morgan fingerprint density at radius 2 is 1.57 bits per heavy atom. The van der Waals surface area contributed by atoms with Gasteiger partial charge in [0.1, 0.15) is 6.29 Å². The first-order valence-corrected chi connectivity index (χ1v) is 4.44. The molecule has 0 atom stereocenters. The fourth-order valence-electron chi connectivity index (χ4n) is 0.871. The molecular weight excluding hydrogens is 188 g/mol. The SMILES string of the molecule is CCOC(=O)C(CC=O)C(=O)OCC. The summed E-state index contributed by atoms with van der Waals surface area (Å²) >= 11 is 0. The van der Waals surface area contributed by atoms with Crippen molar-refractivity contribution in [1.29, 1.82) is 0 Å². The Morgan fingerprint density at radius 1 is 1.14 bits per heavy atom. The molecule has 0 unspecified atom stereocenters. The first-order chi connectivity index (χ1) is 6.67. The fourth-order valence-corrected chi connectivity index (χ4v) is 0.871. The van der Waals surface area contributed by atoms with Crippen molar-refractivity contribution in [3.8, 4) is 0 Å². The van der Waals surface area contributed by atoms with Gasteiger partial charge in [-0.15, -0.1) is 0 Å². The fraction of sp³-hybridized carbons (Fsp3) is 0.667. The smallest absolute Gasteiger partial charge is 0.320 e. The lowest BCUT2D eigenvalue weighted by Crippen LogP contribution is -2.28. The maximum absolute atomic E-state index is 11.2. The maximum Gasteiger partial charge on any atom is 0.320 e. The average molecular weight is 202 g/mol. The van der Waals surface area contributed by atoms with Gasteiger partial charge in [-0.3, -0.25) is 9.59 Å². The van der Waals surface area contributed by atoms with Crippen LogP contribution in [0.25, 0.3) is 0 Å². The zero-order valence-electron chi connectivity index (χ0n) is 8.32. The molecule has 14 heavy (non-hydrogen) atoms. The molecule has 0 amide bonds. The highest BCUT2D eigenvalue weighted by Crippen LogP contribution is 2.06. The molecule has 0 aromatic heterocycles. The lowest BCUT2D eigenvalue weighted by atomic mass is 10.1. The van der Waals surface area contributed by atoms with Gasteiger partial charge in [0.2, 0.25) is 0 Å². The van der Waals surface area contributed by atoms with Gasteiger partial charge in [-0.05, 0) is 13.8 Å². The highest BCUT2D eigenvalue weighted by Gasteiger charge is 2.28. The third-order valence-electron chi connectivity index (χ3n) is 1.47. The molecule has 0 aromatic carbocycles. The number of ether oxygens (including phenoxy) is 2. The summed E-state index contributed by atoms with van der Waals surface area (Å²) in [6.45, 7) is 3.60. The predicted octanol–water partition coefficient (Wildman–Crippen LogP) is 0.318. The Hall–Kier alpha value is -1.39. The zero-order chi connectivity index (χ0) is 11.0. The first kappa shape index (κ1) is 12.6. The van der Waals surface area contributed by atoms with E-state index in [1.165, 1.54) is 0 Å². The Balaban J connectivity index is 4.33. The van der Waals surface area contributed by atoms with Gasteiger partial charge in [0.15, 0.2) is 5.92 Å². The molecule has 0 aromatic rings. The molecule has 0 saturated carbocycles. The predicted molar refractivity (Wildman–Crippen MR) is 47.4 cm³/mol. The number of hydrogen-bond acceptors (Lipinski definition) is 5. The van der Waals surface area contributed by atoms with Gasteiger partial charge in [0, 0.05) is 6.42 Å².